The van der Waals surface area contributed by atoms with Gasteiger partial charge in [0.25, 0.3) is 5.56 Å². The fourth-order valence-corrected chi connectivity index (χ4v) is 3.86. The zero-order valence-corrected chi connectivity index (χ0v) is 16.6. The third-order valence-corrected chi connectivity index (χ3v) is 5.58. The van der Waals surface area contributed by atoms with Crippen LogP contribution >= 0.6 is 0 Å². The lowest BCUT2D eigenvalue weighted by atomic mass is 10.1. The van der Waals surface area contributed by atoms with Crippen LogP contribution in [0.5, 0.6) is 0 Å². The number of aromatic amines is 2. The molecule has 0 atom stereocenters. The predicted octanol–water partition coefficient (Wildman–Crippen LogP) is 2.85. The van der Waals surface area contributed by atoms with Crippen molar-refractivity contribution in [2.75, 3.05) is 32.8 Å². The molecule has 4 heterocycles. The minimum atomic E-state index is -0.216. The number of nitrogens with zero attached hydrogens (tertiary/aromatic N) is 3. The summed E-state index contributed by atoms with van der Waals surface area (Å²) in [5.74, 6) is 0. The van der Waals surface area contributed by atoms with E-state index in [0.717, 1.165) is 61.4 Å². The highest BCUT2D eigenvalue weighted by Crippen LogP contribution is 2.25. The van der Waals surface area contributed by atoms with Crippen molar-refractivity contribution in [3.8, 4) is 22.5 Å². The molecule has 0 saturated carbocycles. The van der Waals surface area contributed by atoms with Crippen LogP contribution < -0.4 is 5.56 Å². The van der Waals surface area contributed by atoms with Crippen LogP contribution in [0.4, 0.5) is 0 Å². The molecule has 30 heavy (non-hydrogen) atoms. The van der Waals surface area contributed by atoms with Gasteiger partial charge < -0.3 is 9.72 Å². The van der Waals surface area contributed by atoms with Crippen molar-refractivity contribution in [1.82, 2.24) is 25.1 Å². The molecule has 1 aliphatic rings. The Morgan fingerprint density at radius 1 is 1.03 bits per heavy atom. The largest absolute Gasteiger partial charge is 0.379 e. The number of fused-ring (bicyclic) bond motifs is 1. The van der Waals surface area contributed by atoms with Crippen molar-refractivity contribution >= 4 is 10.9 Å². The maximum atomic E-state index is 12.5. The van der Waals surface area contributed by atoms with Gasteiger partial charge in [-0.2, -0.15) is 5.10 Å². The first-order valence-electron chi connectivity index (χ1n) is 10.2. The Balaban J connectivity index is 1.42. The summed E-state index contributed by atoms with van der Waals surface area (Å²) >= 11 is 0. The number of hydrogen-bond acceptors (Lipinski definition) is 5. The summed E-state index contributed by atoms with van der Waals surface area (Å²) in [4.78, 5) is 22.3. The van der Waals surface area contributed by atoms with Gasteiger partial charge in [-0.25, -0.2) is 5.10 Å². The van der Waals surface area contributed by atoms with E-state index in [1.807, 2.05) is 24.3 Å². The van der Waals surface area contributed by atoms with Crippen molar-refractivity contribution in [2.24, 2.45) is 0 Å². The van der Waals surface area contributed by atoms with Gasteiger partial charge in [0.1, 0.15) is 0 Å². The van der Waals surface area contributed by atoms with Crippen LogP contribution in [0.3, 0.4) is 0 Å². The average molecular weight is 401 g/mol. The number of morpholine rings is 1. The van der Waals surface area contributed by atoms with Gasteiger partial charge in [0, 0.05) is 48.5 Å². The van der Waals surface area contributed by atoms with E-state index >= 15 is 0 Å². The number of aromatic nitrogens is 4. The second kappa shape index (κ2) is 8.22. The first-order valence-corrected chi connectivity index (χ1v) is 10.2. The molecule has 0 bridgehead atoms. The molecule has 1 aliphatic heterocycles. The lowest BCUT2D eigenvalue weighted by molar-refractivity contribution is 0.0384. The zero-order chi connectivity index (χ0) is 20.3. The average Bonchev–Trinajstić information content (AvgIpc) is 3.22. The molecule has 7 nitrogen and oxygen atoms in total. The molecule has 0 aliphatic carbocycles. The maximum Gasteiger partial charge on any atom is 0.273 e. The van der Waals surface area contributed by atoms with E-state index in [4.69, 9.17) is 4.74 Å². The lowest BCUT2D eigenvalue weighted by Gasteiger charge is -2.26. The maximum absolute atomic E-state index is 12.5. The molecule has 1 fully saturated rings. The molecular weight excluding hydrogens is 378 g/mol. The minimum Gasteiger partial charge on any atom is -0.379 e. The molecule has 2 N–H and O–H groups in total. The summed E-state index contributed by atoms with van der Waals surface area (Å²) in [6, 6.07) is 14.0. The molecule has 5 rings (SSSR count). The highest BCUT2D eigenvalue weighted by atomic mass is 16.5. The molecule has 152 valence electrons. The van der Waals surface area contributed by atoms with Crippen LogP contribution in [-0.2, 0) is 11.2 Å². The van der Waals surface area contributed by atoms with E-state index < -0.39 is 0 Å². The highest BCUT2D eigenvalue weighted by molar-refractivity contribution is 5.86. The van der Waals surface area contributed by atoms with Gasteiger partial charge in [-0.3, -0.25) is 14.7 Å². The van der Waals surface area contributed by atoms with Crippen LogP contribution in [0.25, 0.3) is 33.4 Å². The molecule has 4 aromatic rings. The third kappa shape index (κ3) is 3.90. The molecule has 0 unspecified atom stereocenters. The zero-order valence-electron chi connectivity index (χ0n) is 16.6. The van der Waals surface area contributed by atoms with Crippen molar-refractivity contribution in [1.29, 1.82) is 0 Å². The highest BCUT2D eigenvalue weighted by Gasteiger charge is 2.12. The van der Waals surface area contributed by atoms with E-state index in [1.165, 1.54) is 5.56 Å². The Morgan fingerprint density at radius 2 is 1.87 bits per heavy atom. The molecular formula is C23H23N5O2. The van der Waals surface area contributed by atoms with Gasteiger partial charge in [-0.1, -0.05) is 12.1 Å². The van der Waals surface area contributed by atoms with E-state index in [-0.39, 0.29) is 5.56 Å². The summed E-state index contributed by atoms with van der Waals surface area (Å²) in [5, 5.41) is 7.88. The van der Waals surface area contributed by atoms with Crippen LogP contribution in [0.1, 0.15) is 5.56 Å². The van der Waals surface area contributed by atoms with Gasteiger partial charge in [0.15, 0.2) is 0 Å². The monoisotopic (exact) mass is 401 g/mol. The standard InChI is InChI=1S/C23H23N5O2/c29-23-19(15-21(26-27-23)17-3-6-24-7-4-17)22-14-18-2-1-16(13-20(18)25-22)5-8-28-9-11-30-12-10-28/h1-4,6-7,13-15,25H,5,8-12H2,(H,27,29). The number of rotatable bonds is 5. The first-order chi connectivity index (χ1) is 14.8. The number of pyridine rings is 1. The molecule has 1 saturated heterocycles. The lowest BCUT2D eigenvalue weighted by Crippen LogP contribution is -2.37. The van der Waals surface area contributed by atoms with Crippen LogP contribution in [0.2, 0.25) is 0 Å². The number of H-pyrrole nitrogens is 2. The normalized spacial score (nSPS) is 14.9. The first kappa shape index (κ1) is 18.7. The number of hydrogen-bond donors (Lipinski definition) is 2. The minimum absolute atomic E-state index is 0.216. The van der Waals surface area contributed by atoms with Crippen molar-refractivity contribution < 1.29 is 4.74 Å². The summed E-state index contributed by atoms with van der Waals surface area (Å²) in [6.07, 6.45) is 4.42. The number of nitrogens with one attached hydrogen (secondary N) is 2. The topological polar surface area (TPSA) is 86.9 Å². The van der Waals surface area contributed by atoms with Crippen LogP contribution in [0.15, 0.2) is 59.7 Å². The second-order valence-corrected chi connectivity index (χ2v) is 7.54. The van der Waals surface area contributed by atoms with E-state index in [0.29, 0.717) is 11.3 Å². The summed E-state index contributed by atoms with van der Waals surface area (Å²) in [7, 11) is 0. The van der Waals surface area contributed by atoms with E-state index in [1.54, 1.807) is 12.4 Å². The Hall–Kier alpha value is -3.29. The van der Waals surface area contributed by atoms with Gasteiger partial charge in [-0.05, 0) is 42.3 Å². The third-order valence-electron chi connectivity index (χ3n) is 5.58. The fraction of sp³-hybridized carbons (Fsp3) is 0.261. The van der Waals surface area contributed by atoms with Gasteiger partial charge in [0.2, 0.25) is 0 Å². The predicted molar refractivity (Wildman–Crippen MR) is 116 cm³/mol. The Morgan fingerprint density at radius 3 is 2.70 bits per heavy atom. The van der Waals surface area contributed by atoms with Crippen LogP contribution in [-0.4, -0.2) is 57.9 Å². The van der Waals surface area contributed by atoms with Crippen molar-refractivity contribution in [3.63, 3.8) is 0 Å². The fourth-order valence-electron chi connectivity index (χ4n) is 3.86. The Kier molecular flexibility index (Phi) is 5.13. The van der Waals surface area contributed by atoms with Gasteiger partial charge in [-0.15, -0.1) is 0 Å². The number of benzene rings is 1. The van der Waals surface area contributed by atoms with Gasteiger partial charge in [0.05, 0.1) is 30.2 Å². The van der Waals surface area contributed by atoms with Crippen molar-refractivity contribution in [2.45, 2.75) is 6.42 Å². The molecule has 3 aromatic heterocycles. The molecule has 0 spiro atoms. The summed E-state index contributed by atoms with van der Waals surface area (Å²) < 4.78 is 5.42. The van der Waals surface area contributed by atoms with Crippen molar-refractivity contribution in [3.05, 3.63) is 70.8 Å². The van der Waals surface area contributed by atoms with E-state index in [2.05, 4.69) is 43.3 Å². The second-order valence-electron chi connectivity index (χ2n) is 7.54. The molecule has 1 aromatic carbocycles. The molecule has 0 radical (unpaired) electrons. The molecule has 0 amide bonds. The summed E-state index contributed by atoms with van der Waals surface area (Å²) in [5.41, 5.74) is 5.07. The quantitative estimate of drug-likeness (QED) is 0.537. The SMILES string of the molecule is O=c1[nH]nc(-c2ccncc2)cc1-c1cc2ccc(CCN3CCOCC3)cc2[nH]1. The van der Waals surface area contributed by atoms with Crippen LogP contribution in [0, 0.1) is 0 Å². The number of ether oxygens (including phenoxy) is 1. The molecule has 7 heteroatoms. The summed E-state index contributed by atoms with van der Waals surface area (Å²) in [6.45, 7) is 4.67. The van der Waals surface area contributed by atoms with Gasteiger partial charge >= 0.3 is 0 Å². The van der Waals surface area contributed by atoms with E-state index in [9.17, 15) is 4.79 Å². The Bertz CT molecular complexity index is 1210. The smallest absolute Gasteiger partial charge is 0.273 e. The Labute approximate surface area is 173 Å².